The van der Waals surface area contributed by atoms with Gasteiger partial charge in [0.15, 0.2) is 0 Å². The Bertz CT molecular complexity index is 913. The van der Waals surface area contributed by atoms with Crippen LogP contribution < -0.4 is 4.74 Å². The molecule has 1 aliphatic heterocycles. The van der Waals surface area contributed by atoms with Gasteiger partial charge in [-0.25, -0.2) is 0 Å². The lowest BCUT2D eigenvalue weighted by molar-refractivity contribution is 0.204. The number of aryl methyl sites for hydroxylation is 1. The molecule has 1 saturated heterocycles. The molecule has 0 bridgehead atoms. The summed E-state index contributed by atoms with van der Waals surface area (Å²) in [6, 6.07) is 18.9. The summed E-state index contributed by atoms with van der Waals surface area (Å²) in [6.45, 7) is 3.36. The van der Waals surface area contributed by atoms with E-state index in [1.165, 1.54) is 24.9 Å². The highest BCUT2D eigenvalue weighted by Gasteiger charge is 2.26. The highest BCUT2D eigenvalue weighted by atomic mass is 16.5. The molecule has 150 valence electrons. The van der Waals surface area contributed by atoms with E-state index in [0.29, 0.717) is 5.92 Å². The van der Waals surface area contributed by atoms with Crippen LogP contribution in [0.3, 0.4) is 0 Å². The second-order valence-electron chi connectivity index (χ2n) is 7.72. The largest absolute Gasteiger partial charge is 0.496 e. The van der Waals surface area contributed by atoms with Crippen molar-refractivity contribution in [3.63, 3.8) is 0 Å². The van der Waals surface area contributed by atoms with Gasteiger partial charge in [-0.05, 0) is 56.5 Å². The summed E-state index contributed by atoms with van der Waals surface area (Å²) in [5.41, 5.74) is 4.51. The first-order valence-electron chi connectivity index (χ1n) is 10.6. The summed E-state index contributed by atoms with van der Waals surface area (Å²) < 4.78 is 5.58. The quantitative estimate of drug-likeness (QED) is 0.574. The minimum Gasteiger partial charge on any atom is -0.496 e. The van der Waals surface area contributed by atoms with Crippen molar-refractivity contribution in [3.8, 4) is 17.0 Å². The number of benzene rings is 2. The molecule has 0 aliphatic carbocycles. The molecule has 3 aromatic rings. The van der Waals surface area contributed by atoms with E-state index in [-0.39, 0.29) is 0 Å². The maximum absolute atomic E-state index is 5.58. The van der Waals surface area contributed by atoms with Crippen molar-refractivity contribution in [2.24, 2.45) is 0 Å². The molecule has 1 fully saturated rings. The summed E-state index contributed by atoms with van der Waals surface area (Å²) in [6.07, 6.45) is 8.30. The first-order chi connectivity index (χ1) is 14.3. The fourth-order valence-corrected chi connectivity index (χ4v) is 4.33. The fraction of sp³-hybridized carbons (Fsp3) is 0.360. The SMILES string of the molecule is COc1ccccc1-c1nccnc1C1CCCN(CCCc2ccccc2)C1. The van der Waals surface area contributed by atoms with Gasteiger partial charge in [0.2, 0.25) is 0 Å². The van der Waals surface area contributed by atoms with Crippen molar-refractivity contribution >= 4 is 0 Å². The van der Waals surface area contributed by atoms with Gasteiger partial charge in [0.25, 0.3) is 0 Å². The van der Waals surface area contributed by atoms with E-state index in [0.717, 1.165) is 48.6 Å². The second-order valence-corrected chi connectivity index (χ2v) is 7.72. The standard InChI is InChI=1S/C25H29N3O/c1-29-23-14-6-5-13-22(23)25-24(26-15-16-27-25)21-12-8-18-28(19-21)17-7-11-20-9-3-2-4-10-20/h2-6,9-10,13-16,21H,7-8,11-12,17-19H2,1H3. The van der Waals surface area contributed by atoms with E-state index in [2.05, 4.69) is 41.3 Å². The van der Waals surface area contributed by atoms with Crippen LogP contribution in [-0.4, -0.2) is 41.6 Å². The molecular weight excluding hydrogens is 358 g/mol. The van der Waals surface area contributed by atoms with Gasteiger partial charge >= 0.3 is 0 Å². The lowest BCUT2D eigenvalue weighted by Gasteiger charge is -2.33. The fourth-order valence-electron chi connectivity index (χ4n) is 4.33. The number of hydrogen-bond donors (Lipinski definition) is 0. The number of rotatable bonds is 7. The maximum atomic E-state index is 5.58. The van der Waals surface area contributed by atoms with Gasteiger partial charge < -0.3 is 9.64 Å². The number of aromatic nitrogens is 2. The monoisotopic (exact) mass is 387 g/mol. The smallest absolute Gasteiger partial charge is 0.128 e. The Labute approximate surface area is 173 Å². The highest BCUT2D eigenvalue weighted by Crippen LogP contribution is 2.35. The lowest BCUT2D eigenvalue weighted by Crippen LogP contribution is -2.35. The van der Waals surface area contributed by atoms with Crippen LogP contribution in [0.1, 0.15) is 36.4 Å². The Morgan fingerprint density at radius 1 is 1.00 bits per heavy atom. The van der Waals surface area contributed by atoms with E-state index < -0.39 is 0 Å². The van der Waals surface area contributed by atoms with Crippen molar-refractivity contribution in [2.75, 3.05) is 26.7 Å². The van der Waals surface area contributed by atoms with Crippen molar-refractivity contribution in [2.45, 2.75) is 31.6 Å². The molecule has 0 amide bonds. The Morgan fingerprint density at radius 3 is 2.66 bits per heavy atom. The lowest BCUT2D eigenvalue weighted by atomic mass is 9.91. The van der Waals surface area contributed by atoms with E-state index in [4.69, 9.17) is 14.7 Å². The molecule has 1 aliphatic rings. The van der Waals surface area contributed by atoms with E-state index >= 15 is 0 Å². The molecule has 4 nitrogen and oxygen atoms in total. The molecule has 2 heterocycles. The van der Waals surface area contributed by atoms with Gasteiger partial charge in [0, 0.05) is 30.4 Å². The van der Waals surface area contributed by atoms with Crippen LogP contribution in [0.5, 0.6) is 5.75 Å². The molecule has 4 rings (SSSR count). The summed E-state index contributed by atoms with van der Waals surface area (Å²) in [5, 5.41) is 0. The predicted molar refractivity (Wildman–Crippen MR) is 117 cm³/mol. The number of nitrogens with zero attached hydrogens (tertiary/aromatic N) is 3. The summed E-state index contributed by atoms with van der Waals surface area (Å²) in [5.74, 6) is 1.26. The van der Waals surface area contributed by atoms with E-state index in [1.807, 2.05) is 24.4 Å². The zero-order chi connectivity index (χ0) is 19.9. The Morgan fingerprint density at radius 2 is 1.79 bits per heavy atom. The van der Waals surface area contributed by atoms with Crippen molar-refractivity contribution in [3.05, 3.63) is 78.2 Å². The van der Waals surface area contributed by atoms with E-state index in [9.17, 15) is 0 Å². The van der Waals surface area contributed by atoms with Crippen molar-refractivity contribution in [1.29, 1.82) is 0 Å². The molecule has 0 N–H and O–H groups in total. The summed E-state index contributed by atoms with van der Waals surface area (Å²) in [7, 11) is 1.71. The molecule has 29 heavy (non-hydrogen) atoms. The number of hydrogen-bond acceptors (Lipinski definition) is 4. The molecule has 0 spiro atoms. The van der Waals surface area contributed by atoms with Crippen LogP contribution in [-0.2, 0) is 6.42 Å². The van der Waals surface area contributed by atoms with Crippen LogP contribution >= 0.6 is 0 Å². The Balaban J connectivity index is 1.46. The minimum atomic E-state index is 0.411. The molecule has 1 unspecified atom stereocenters. The summed E-state index contributed by atoms with van der Waals surface area (Å²) >= 11 is 0. The van der Waals surface area contributed by atoms with Gasteiger partial charge in [-0.2, -0.15) is 0 Å². The summed E-state index contributed by atoms with van der Waals surface area (Å²) in [4.78, 5) is 12.1. The topological polar surface area (TPSA) is 38.3 Å². The van der Waals surface area contributed by atoms with Crippen LogP contribution in [0.15, 0.2) is 67.0 Å². The van der Waals surface area contributed by atoms with Crippen molar-refractivity contribution < 1.29 is 4.74 Å². The third-order valence-corrected chi connectivity index (χ3v) is 5.76. The van der Waals surface area contributed by atoms with E-state index in [1.54, 1.807) is 13.3 Å². The third kappa shape index (κ3) is 4.83. The van der Waals surface area contributed by atoms with Gasteiger partial charge in [-0.3, -0.25) is 9.97 Å². The Hall–Kier alpha value is -2.72. The molecule has 1 aromatic heterocycles. The van der Waals surface area contributed by atoms with Crippen LogP contribution in [0.2, 0.25) is 0 Å². The number of ether oxygens (including phenoxy) is 1. The zero-order valence-corrected chi connectivity index (χ0v) is 17.1. The van der Waals surface area contributed by atoms with Crippen LogP contribution in [0, 0.1) is 0 Å². The number of piperidine rings is 1. The van der Waals surface area contributed by atoms with Gasteiger partial charge in [-0.15, -0.1) is 0 Å². The minimum absolute atomic E-state index is 0.411. The second kappa shape index (κ2) is 9.66. The van der Waals surface area contributed by atoms with Crippen LogP contribution in [0.25, 0.3) is 11.3 Å². The third-order valence-electron chi connectivity index (χ3n) is 5.76. The maximum Gasteiger partial charge on any atom is 0.128 e. The molecular formula is C25H29N3O. The van der Waals surface area contributed by atoms with Crippen molar-refractivity contribution in [1.82, 2.24) is 14.9 Å². The van der Waals surface area contributed by atoms with Crippen LogP contribution in [0.4, 0.5) is 0 Å². The molecule has 2 aromatic carbocycles. The van der Waals surface area contributed by atoms with Gasteiger partial charge in [-0.1, -0.05) is 42.5 Å². The van der Waals surface area contributed by atoms with Gasteiger partial charge in [0.1, 0.15) is 5.75 Å². The normalized spacial score (nSPS) is 17.2. The Kier molecular flexibility index (Phi) is 6.52. The highest BCUT2D eigenvalue weighted by molar-refractivity contribution is 5.69. The number of para-hydroxylation sites is 1. The molecule has 0 saturated carbocycles. The number of methoxy groups -OCH3 is 1. The van der Waals surface area contributed by atoms with Gasteiger partial charge in [0.05, 0.1) is 18.5 Å². The predicted octanol–water partition coefficient (Wildman–Crippen LogP) is 4.96. The molecule has 0 radical (unpaired) electrons. The first-order valence-corrected chi connectivity index (χ1v) is 10.6. The zero-order valence-electron chi connectivity index (χ0n) is 17.1. The first kappa shape index (κ1) is 19.6. The average molecular weight is 388 g/mol. The molecule has 1 atom stereocenters. The average Bonchev–Trinajstić information content (AvgIpc) is 2.80. The molecule has 4 heteroatoms. The number of likely N-dealkylation sites (tertiary alicyclic amines) is 1.